The number of nitrogens with one attached hydrogen (secondary N) is 2. The first kappa shape index (κ1) is 14.3. The van der Waals surface area contributed by atoms with Gasteiger partial charge in [-0.2, -0.15) is 0 Å². The number of amides is 1. The van der Waals surface area contributed by atoms with E-state index >= 15 is 0 Å². The topological polar surface area (TPSA) is 54.0 Å². The monoisotopic (exact) mass is 295 g/mol. The number of carbonyl (C=O) groups is 1. The Hall–Kier alpha value is -1.11. The number of rotatable bonds is 5. The third-order valence-corrected chi connectivity index (χ3v) is 4.50. The number of thioether (sulfide) groups is 1. The van der Waals surface area contributed by atoms with Gasteiger partial charge in [-0.15, -0.1) is 11.3 Å². The molecule has 4 nitrogen and oxygen atoms in total. The molecule has 1 aromatic heterocycles. The van der Waals surface area contributed by atoms with Gasteiger partial charge in [-0.25, -0.2) is 4.98 Å². The van der Waals surface area contributed by atoms with Crippen LogP contribution in [0.1, 0.15) is 13.8 Å². The summed E-state index contributed by atoms with van der Waals surface area (Å²) in [4.78, 5) is 16.2. The third-order valence-electron chi connectivity index (χ3n) is 2.50. The van der Waals surface area contributed by atoms with Crippen LogP contribution in [0.4, 0.5) is 5.69 Å². The number of benzene rings is 1. The number of hydrogen-bond acceptors (Lipinski definition) is 5. The molecule has 0 spiro atoms. The van der Waals surface area contributed by atoms with Gasteiger partial charge >= 0.3 is 0 Å². The maximum absolute atomic E-state index is 11.7. The molecule has 19 heavy (non-hydrogen) atoms. The first-order valence-electron chi connectivity index (χ1n) is 6.06. The highest BCUT2D eigenvalue weighted by molar-refractivity contribution is 8.00. The van der Waals surface area contributed by atoms with Gasteiger partial charge in [0.05, 0.1) is 16.8 Å². The number of thiazole rings is 1. The SMILES string of the molecule is CSc1nc2ccc(NC(=O)CNC(C)C)cc2s1. The van der Waals surface area contributed by atoms with E-state index in [0.29, 0.717) is 12.6 Å². The molecule has 0 saturated carbocycles. The van der Waals surface area contributed by atoms with E-state index in [4.69, 9.17) is 0 Å². The lowest BCUT2D eigenvalue weighted by atomic mass is 10.3. The fourth-order valence-corrected chi connectivity index (χ4v) is 3.10. The van der Waals surface area contributed by atoms with Crippen molar-refractivity contribution in [3.63, 3.8) is 0 Å². The number of fused-ring (bicyclic) bond motifs is 1. The second-order valence-corrected chi connectivity index (χ2v) is 6.53. The zero-order valence-electron chi connectivity index (χ0n) is 11.2. The molecule has 0 bridgehead atoms. The van der Waals surface area contributed by atoms with Crippen molar-refractivity contribution in [1.82, 2.24) is 10.3 Å². The van der Waals surface area contributed by atoms with Crippen molar-refractivity contribution in [2.24, 2.45) is 0 Å². The Morgan fingerprint density at radius 3 is 2.95 bits per heavy atom. The van der Waals surface area contributed by atoms with E-state index in [9.17, 15) is 4.79 Å². The minimum absolute atomic E-state index is 0.0253. The molecule has 6 heteroatoms. The van der Waals surface area contributed by atoms with E-state index in [1.54, 1.807) is 23.1 Å². The summed E-state index contributed by atoms with van der Waals surface area (Å²) in [5, 5.41) is 5.98. The number of nitrogens with zero attached hydrogens (tertiary/aromatic N) is 1. The molecule has 0 atom stereocenters. The van der Waals surface area contributed by atoms with E-state index < -0.39 is 0 Å². The summed E-state index contributed by atoms with van der Waals surface area (Å²) >= 11 is 3.28. The van der Waals surface area contributed by atoms with Crippen molar-refractivity contribution >= 4 is 44.9 Å². The minimum Gasteiger partial charge on any atom is -0.325 e. The normalized spacial score (nSPS) is 11.2. The molecule has 2 aromatic rings. The maximum Gasteiger partial charge on any atom is 0.238 e. The van der Waals surface area contributed by atoms with Crippen molar-refractivity contribution < 1.29 is 4.79 Å². The van der Waals surface area contributed by atoms with E-state index in [1.165, 1.54) is 0 Å². The van der Waals surface area contributed by atoms with Crippen molar-refractivity contribution in [3.8, 4) is 0 Å². The predicted octanol–water partition coefficient (Wildman–Crippen LogP) is 2.95. The second-order valence-electron chi connectivity index (χ2n) is 4.45. The highest BCUT2D eigenvalue weighted by Gasteiger charge is 2.06. The number of carbonyl (C=O) groups excluding carboxylic acids is 1. The summed E-state index contributed by atoms with van der Waals surface area (Å²) in [6.07, 6.45) is 2.01. The Morgan fingerprint density at radius 2 is 2.26 bits per heavy atom. The lowest BCUT2D eigenvalue weighted by Crippen LogP contribution is -2.32. The van der Waals surface area contributed by atoms with Crippen LogP contribution in [-0.2, 0) is 4.79 Å². The van der Waals surface area contributed by atoms with Gasteiger partial charge in [0, 0.05) is 11.7 Å². The molecule has 2 rings (SSSR count). The van der Waals surface area contributed by atoms with Gasteiger partial charge in [0.1, 0.15) is 0 Å². The molecule has 102 valence electrons. The van der Waals surface area contributed by atoms with Crippen molar-refractivity contribution in [2.45, 2.75) is 24.2 Å². The Labute approximate surface area is 121 Å². The Kier molecular flexibility index (Phi) is 4.79. The molecule has 1 amide bonds. The summed E-state index contributed by atoms with van der Waals surface area (Å²) in [7, 11) is 0. The van der Waals surface area contributed by atoms with Crippen molar-refractivity contribution in [3.05, 3.63) is 18.2 Å². The van der Waals surface area contributed by atoms with Crippen LogP contribution in [0, 0.1) is 0 Å². The lowest BCUT2D eigenvalue weighted by molar-refractivity contribution is -0.115. The van der Waals surface area contributed by atoms with Crippen LogP contribution in [0.15, 0.2) is 22.5 Å². The Bertz CT molecular complexity index is 580. The van der Waals surface area contributed by atoms with Gasteiger partial charge in [-0.05, 0) is 24.5 Å². The van der Waals surface area contributed by atoms with Gasteiger partial charge in [0.15, 0.2) is 4.34 Å². The first-order valence-corrected chi connectivity index (χ1v) is 8.10. The molecule has 2 N–H and O–H groups in total. The van der Waals surface area contributed by atoms with Gasteiger partial charge < -0.3 is 10.6 Å². The van der Waals surface area contributed by atoms with Crippen LogP contribution in [0.5, 0.6) is 0 Å². The molecule has 0 saturated heterocycles. The molecule has 1 aromatic carbocycles. The first-order chi connectivity index (χ1) is 9.08. The quantitative estimate of drug-likeness (QED) is 0.833. The molecule has 0 fully saturated rings. The van der Waals surface area contributed by atoms with Crippen molar-refractivity contribution in [1.29, 1.82) is 0 Å². The average Bonchev–Trinajstić information content (AvgIpc) is 2.78. The number of aromatic nitrogens is 1. The molecule has 0 radical (unpaired) electrons. The number of anilines is 1. The second kappa shape index (κ2) is 6.36. The van der Waals surface area contributed by atoms with Crippen molar-refractivity contribution in [2.75, 3.05) is 18.1 Å². The molecule has 0 aliphatic carbocycles. The summed E-state index contributed by atoms with van der Waals surface area (Å²) in [5.41, 5.74) is 1.80. The van der Waals surface area contributed by atoms with Gasteiger partial charge in [0.2, 0.25) is 5.91 Å². The van der Waals surface area contributed by atoms with E-state index in [2.05, 4.69) is 15.6 Å². The fourth-order valence-electron chi connectivity index (χ4n) is 1.57. The molecule has 0 unspecified atom stereocenters. The molecular weight excluding hydrogens is 278 g/mol. The van der Waals surface area contributed by atoms with Gasteiger partial charge in [-0.1, -0.05) is 25.6 Å². The lowest BCUT2D eigenvalue weighted by Gasteiger charge is -2.08. The zero-order valence-corrected chi connectivity index (χ0v) is 12.8. The van der Waals surface area contributed by atoms with Crippen LogP contribution in [0.25, 0.3) is 10.2 Å². The zero-order chi connectivity index (χ0) is 13.8. The predicted molar refractivity (Wildman–Crippen MR) is 83.2 cm³/mol. The van der Waals surface area contributed by atoms with Crippen LogP contribution in [0.3, 0.4) is 0 Å². The van der Waals surface area contributed by atoms with Crippen LogP contribution in [-0.4, -0.2) is 29.7 Å². The highest BCUT2D eigenvalue weighted by atomic mass is 32.2. The summed E-state index contributed by atoms with van der Waals surface area (Å²) in [6.45, 7) is 4.36. The number of hydrogen-bond donors (Lipinski definition) is 2. The summed E-state index contributed by atoms with van der Waals surface area (Å²) < 4.78 is 2.14. The third kappa shape index (κ3) is 3.92. The Balaban J connectivity index is 2.06. The molecule has 0 aliphatic rings. The van der Waals surface area contributed by atoms with E-state index in [-0.39, 0.29) is 5.91 Å². The van der Waals surface area contributed by atoms with E-state index in [0.717, 1.165) is 20.2 Å². The summed E-state index contributed by atoms with van der Waals surface area (Å²) in [5.74, 6) is -0.0253. The standard InChI is InChI=1S/C13H17N3OS2/c1-8(2)14-7-12(17)15-9-4-5-10-11(6-9)19-13(16-10)18-3/h4-6,8,14H,7H2,1-3H3,(H,15,17). The van der Waals surface area contributed by atoms with Gasteiger partial charge in [0.25, 0.3) is 0 Å². The molecule has 1 heterocycles. The van der Waals surface area contributed by atoms with Crippen LogP contribution >= 0.6 is 23.1 Å². The molecule has 0 aliphatic heterocycles. The summed E-state index contributed by atoms with van der Waals surface area (Å²) in [6, 6.07) is 6.11. The van der Waals surface area contributed by atoms with Crippen LogP contribution < -0.4 is 10.6 Å². The van der Waals surface area contributed by atoms with Crippen LogP contribution in [0.2, 0.25) is 0 Å². The average molecular weight is 295 g/mol. The maximum atomic E-state index is 11.7. The largest absolute Gasteiger partial charge is 0.325 e. The molecular formula is C13H17N3OS2. The minimum atomic E-state index is -0.0253. The smallest absolute Gasteiger partial charge is 0.238 e. The highest BCUT2D eigenvalue weighted by Crippen LogP contribution is 2.29. The van der Waals surface area contributed by atoms with E-state index in [1.807, 2.05) is 38.3 Å². The fraction of sp³-hybridized carbons (Fsp3) is 0.385. The Morgan fingerprint density at radius 1 is 1.47 bits per heavy atom. The van der Waals surface area contributed by atoms with Gasteiger partial charge in [-0.3, -0.25) is 4.79 Å².